The van der Waals surface area contributed by atoms with Crippen LogP contribution in [0.5, 0.6) is 0 Å². The van der Waals surface area contributed by atoms with Gasteiger partial charge in [0.15, 0.2) is 6.26 Å². The quantitative estimate of drug-likeness (QED) is 0.770. The van der Waals surface area contributed by atoms with E-state index in [1.165, 1.54) is 12.4 Å². The highest BCUT2D eigenvalue weighted by atomic mass is 19.4. The van der Waals surface area contributed by atoms with Gasteiger partial charge in [-0.2, -0.15) is 13.2 Å². The summed E-state index contributed by atoms with van der Waals surface area (Å²) < 4.78 is 41.4. The molecule has 0 spiro atoms. The summed E-state index contributed by atoms with van der Waals surface area (Å²) in [4.78, 5) is 6.24. The highest BCUT2D eigenvalue weighted by molar-refractivity contribution is 5.58. The lowest BCUT2D eigenvalue weighted by molar-refractivity contribution is -0.137. The zero-order valence-electron chi connectivity index (χ0n) is 6.72. The first-order chi connectivity index (χ1) is 6.59. The third-order valence-electron chi connectivity index (χ3n) is 1.65. The molecule has 0 aromatic carbocycles. The molecule has 0 unspecified atom stereocenters. The summed E-state index contributed by atoms with van der Waals surface area (Å²) in [5.74, 6) is 0.0890. The molecule has 0 aliphatic carbocycles. The molecular formula is C8H4F3N2O. The lowest BCUT2D eigenvalue weighted by Crippen LogP contribution is -2.05. The monoisotopic (exact) mass is 201 g/mol. The van der Waals surface area contributed by atoms with Crippen LogP contribution in [0, 0.1) is 6.26 Å². The summed E-state index contributed by atoms with van der Waals surface area (Å²) in [6, 6.07) is 0. The molecular weight excluding hydrogens is 197 g/mol. The first-order valence-electron chi connectivity index (χ1n) is 3.65. The Labute approximate surface area is 76.6 Å². The highest BCUT2D eigenvalue weighted by Crippen LogP contribution is 2.36. The molecule has 0 saturated heterocycles. The number of halogens is 3. The average Bonchev–Trinajstić information content (AvgIpc) is 2.73. The smallest absolute Gasteiger partial charge is 0.420 e. The third kappa shape index (κ3) is 1.39. The number of rotatable bonds is 1. The Balaban J connectivity index is 2.51. The van der Waals surface area contributed by atoms with Crippen LogP contribution in [0.25, 0.3) is 11.4 Å². The molecule has 0 aliphatic heterocycles. The number of hydrogen-bond donors (Lipinski definition) is 1. The van der Waals surface area contributed by atoms with Gasteiger partial charge >= 0.3 is 6.18 Å². The Kier molecular flexibility index (Phi) is 1.83. The van der Waals surface area contributed by atoms with Crippen molar-refractivity contribution in [3.05, 3.63) is 30.5 Å². The van der Waals surface area contributed by atoms with Crippen LogP contribution in [0.3, 0.4) is 0 Å². The fraction of sp³-hybridized carbons (Fsp3) is 0.125. The molecule has 2 heterocycles. The summed E-state index contributed by atoms with van der Waals surface area (Å²) in [7, 11) is 0. The van der Waals surface area contributed by atoms with Gasteiger partial charge in [0.05, 0.1) is 5.56 Å². The molecule has 0 atom stereocenters. The fourth-order valence-electron chi connectivity index (χ4n) is 1.05. The first-order valence-corrected chi connectivity index (χ1v) is 3.65. The number of nitrogens with one attached hydrogen (secondary N) is 1. The van der Waals surface area contributed by atoms with Crippen molar-refractivity contribution in [2.75, 3.05) is 0 Å². The number of alkyl halides is 3. The van der Waals surface area contributed by atoms with Crippen LogP contribution in [0.15, 0.2) is 23.1 Å². The Morgan fingerprint density at radius 2 is 2.21 bits per heavy atom. The topological polar surface area (TPSA) is 41.8 Å². The van der Waals surface area contributed by atoms with Gasteiger partial charge < -0.3 is 9.40 Å². The Bertz CT molecular complexity index is 416. The van der Waals surface area contributed by atoms with Gasteiger partial charge in [0.25, 0.3) is 0 Å². The standard InChI is InChI=1S/C8H4F3N2O/c9-8(10,11)6-4-14-3-5(6)7-12-1-2-13-7/h1-2,4H,(H,12,13). The molecule has 14 heavy (non-hydrogen) atoms. The summed E-state index contributed by atoms with van der Waals surface area (Å²) in [6.07, 6.45) is 1.07. The molecule has 73 valence electrons. The third-order valence-corrected chi connectivity index (χ3v) is 1.65. The maximum atomic E-state index is 12.4. The van der Waals surface area contributed by atoms with Gasteiger partial charge in [0, 0.05) is 12.4 Å². The van der Waals surface area contributed by atoms with Crippen molar-refractivity contribution in [1.82, 2.24) is 9.97 Å². The minimum absolute atomic E-state index is 0.0890. The number of hydrogen-bond acceptors (Lipinski definition) is 2. The van der Waals surface area contributed by atoms with E-state index in [9.17, 15) is 13.2 Å². The number of furan rings is 1. The summed E-state index contributed by atoms with van der Waals surface area (Å²) >= 11 is 0. The van der Waals surface area contributed by atoms with Gasteiger partial charge in [0.2, 0.25) is 0 Å². The van der Waals surface area contributed by atoms with Crippen molar-refractivity contribution < 1.29 is 17.6 Å². The average molecular weight is 201 g/mol. The Morgan fingerprint density at radius 3 is 2.79 bits per heavy atom. The number of H-pyrrole nitrogens is 1. The number of nitrogens with zero attached hydrogens (tertiary/aromatic N) is 1. The molecule has 1 N–H and O–H groups in total. The molecule has 0 aliphatic rings. The van der Waals surface area contributed by atoms with Crippen LogP contribution in [-0.4, -0.2) is 9.97 Å². The van der Waals surface area contributed by atoms with Crippen molar-refractivity contribution in [2.45, 2.75) is 6.18 Å². The van der Waals surface area contributed by atoms with Gasteiger partial charge in [-0.15, -0.1) is 0 Å². The van der Waals surface area contributed by atoms with Crippen molar-refractivity contribution in [3.63, 3.8) is 0 Å². The summed E-state index contributed by atoms with van der Waals surface area (Å²) in [5, 5.41) is 0. The highest BCUT2D eigenvalue weighted by Gasteiger charge is 2.36. The van der Waals surface area contributed by atoms with Gasteiger partial charge in [-0.3, -0.25) is 0 Å². The predicted molar refractivity (Wildman–Crippen MR) is 40.1 cm³/mol. The zero-order valence-corrected chi connectivity index (χ0v) is 6.72. The molecule has 0 amide bonds. The zero-order chi connectivity index (χ0) is 10.2. The second-order valence-corrected chi connectivity index (χ2v) is 2.56. The Morgan fingerprint density at radius 1 is 1.43 bits per heavy atom. The van der Waals surface area contributed by atoms with Crippen LogP contribution in [0.2, 0.25) is 0 Å². The molecule has 6 heteroatoms. The van der Waals surface area contributed by atoms with Crippen LogP contribution in [0.4, 0.5) is 13.2 Å². The largest absolute Gasteiger partial charge is 0.460 e. The van der Waals surface area contributed by atoms with Gasteiger partial charge in [0.1, 0.15) is 17.7 Å². The second-order valence-electron chi connectivity index (χ2n) is 2.56. The molecule has 1 radical (unpaired) electrons. The van der Waals surface area contributed by atoms with Crippen molar-refractivity contribution in [3.8, 4) is 11.4 Å². The van der Waals surface area contributed by atoms with Crippen molar-refractivity contribution >= 4 is 0 Å². The molecule has 2 aromatic rings. The molecule has 0 bridgehead atoms. The Hall–Kier alpha value is -1.72. The maximum Gasteiger partial charge on any atom is 0.420 e. The number of imidazole rings is 1. The van der Waals surface area contributed by atoms with Crippen LogP contribution >= 0.6 is 0 Å². The van der Waals surface area contributed by atoms with E-state index in [0.717, 1.165) is 0 Å². The van der Waals surface area contributed by atoms with E-state index in [4.69, 9.17) is 0 Å². The molecule has 0 saturated carbocycles. The van der Waals surface area contributed by atoms with E-state index in [-0.39, 0.29) is 11.4 Å². The first kappa shape index (κ1) is 8.86. The second kappa shape index (κ2) is 2.90. The van der Waals surface area contributed by atoms with E-state index in [1.54, 1.807) is 0 Å². The molecule has 0 fully saturated rings. The van der Waals surface area contributed by atoms with Crippen LogP contribution in [0.1, 0.15) is 5.56 Å². The van der Waals surface area contributed by atoms with E-state index >= 15 is 0 Å². The van der Waals surface area contributed by atoms with Crippen molar-refractivity contribution in [1.29, 1.82) is 0 Å². The molecule has 2 rings (SSSR count). The van der Waals surface area contributed by atoms with Crippen LogP contribution in [-0.2, 0) is 6.18 Å². The van der Waals surface area contributed by atoms with Gasteiger partial charge in [-0.1, -0.05) is 0 Å². The maximum absolute atomic E-state index is 12.4. The predicted octanol–water partition coefficient (Wildman–Crippen LogP) is 2.49. The van der Waals surface area contributed by atoms with E-state index in [2.05, 4.69) is 20.6 Å². The van der Waals surface area contributed by atoms with E-state index in [1.807, 2.05) is 0 Å². The van der Waals surface area contributed by atoms with Crippen LogP contribution < -0.4 is 0 Å². The van der Waals surface area contributed by atoms with E-state index in [0.29, 0.717) is 6.26 Å². The number of aromatic nitrogens is 2. The lowest BCUT2D eigenvalue weighted by atomic mass is 10.2. The minimum atomic E-state index is -4.45. The normalized spacial score (nSPS) is 11.9. The fourth-order valence-corrected chi connectivity index (χ4v) is 1.05. The van der Waals surface area contributed by atoms with Crippen molar-refractivity contribution in [2.24, 2.45) is 0 Å². The number of aromatic amines is 1. The minimum Gasteiger partial charge on any atom is -0.460 e. The van der Waals surface area contributed by atoms with E-state index < -0.39 is 11.7 Å². The molecule has 2 aromatic heterocycles. The summed E-state index contributed by atoms with van der Waals surface area (Å²) in [6.45, 7) is 0. The van der Waals surface area contributed by atoms with Gasteiger partial charge in [-0.25, -0.2) is 4.98 Å². The lowest BCUT2D eigenvalue weighted by Gasteiger charge is -2.03. The SMILES string of the molecule is FC(F)(F)c1co[c]c1-c1ncc[nH]1. The molecule has 3 nitrogen and oxygen atoms in total. The summed E-state index contributed by atoms with van der Waals surface area (Å²) in [5.41, 5.74) is -1.09. The van der Waals surface area contributed by atoms with Gasteiger partial charge in [-0.05, 0) is 0 Å².